The molecule has 3 heteroatoms. The zero-order valence-electron chi connectivity index (χ0n) is 20.1. The average molecular weight is 437 g/mol. The molecule has 3 nitrogen and oxygen atoms in total. The number of H-pyrrole nitrogens is 1. The smallest absolute Gasteiger partial charge is 0.162 e. The maximum atomic E-state index is 12.6. The fourth-order valence-electron chi connectivity index (χ4n) is 5.12. The molecule has 4 rings (SSSR count). The highest BCUT2D eigenvalue weighted by atomic mass is 16.1. The zero-order valence-corrected chi connectivity index (χ0v) is 20.1. The largest absolute Gasteiger partial charge is 0.361 e. The summed E-state index contributed by atoms with van der Waals surface area (Å²) in [5.41, 5.74) is 3.27. The Labute approximate surface area is 197 Å². The summed E-state index contributed by atoms with van der Waals surface area (Å²) in [7, 11) is 0. The van der Waals surface area contributed by atoms with E-state index in [4.69, 9.17) is 0 Å². The summed E-state index contributed by atoms with van der Waals surface area (Å²) in [5.74, 6) is 2.74. The molecular formula is C29H44N2O. The first-order chi connectivity index (χ1) is 15.6. The van der Waals surface area contributed by atoms with Crippen LogP contribution >= 0.6 is 0 Å². The number of rotatable bonds is 7. The summed E-state index contributed by atoms with van der Waals surface area (Å²) >= 11 is 0. The van der Waals surface area contributed by atoms with E-state index in [1.165, 1.54) is 49.5 Å². The van der Waals surface area contributed by atoms with Gasteiger partial charge in [-0.3, -0.25) is 9.78 Å². The van der Waals surface area contributed by atoms with E-state index in [0.717, 1.165) is 41.7 Å². The van der Waals surface area contributed by atoms with Gasteiger partial charge in [-0.05, 0) is 78.7 Å². The van der Waals surface area contributed by atoms with E-state index < -0.39 is 0 Å². The minimum absolute atomic E-state index is 0. The first-order valence-electron chi connectivity index (χ1n) is 12.6. The van der Waals surface area contributed by atoms with Gasteiger partial charge in [-0.25, -0.2) is 0 Å². The molecule has 1 N–H and O–H groups in total. The fourth-order valence-corrected chi connectivity index (χ4v) is 5.12. The normalized spacial score (nSPS) is 20.9. The van der Waals surface area contributed by atoms with Crippen LogP contribution in [0, 0.1) is 17.8 Å². The van der Waals surface area contributed by atoms with Crippen molar-refractivity contribution >= 4 is 16.7 Å². The van der Waals surface area contributed by atoms with Crippen molar-refractivity contribution in [1.29, 1.82) is 0 Å². The number of fused-ring (bicyclic) bond motifs is 1. The third-order valence-corrected chi connectivity index (χ3v) is 6.98. The number of aryl methyl sites for hydroxylation is 1. The van der Waals surface area contributed by atoms with Crippen LogP contribution in [-0.2, 0) is 6.42 Å². The lowest BCUT2D eigenvalue weighted by Gasteiger charge is -2.20. The second kappa shape index (κ2) is 12.6. The Balaban J connectivity index is 0.000000494. The topological polar surface area (TPSA) is 45.8 Å². The molecule has 1 aliphatic carbocycles. The Hall–Kier alpha value is -2.42. The second-order valence-corrected chi connectivity index (χ2v) is 9.63. The lowest BCUT2D eigenvalue weighted by molar-refractivity contribution is 0.0970. The van der Waals surface area contributed by atoms with Crippen LogP contribution < -0.4 is 0 Å². The summed E-state index contributed by atoms with van der Waals surface area (Å²) in [6.07, 6.45) is 16.5. The van der Waals surface area contributed by atoms with Gasteiger partial charge in [0.2, 0.25) is 0 Å². The highest BCUT2D eigenvalue weighted by molar-refractivity contribution is 5.99. The molecule has 2 heterocycles. The Morgan fingerprint density at radius 1 is 1.03 bits per heavy atom. The Kier molecular flexibility index (Phi) is 9.52. The van der Waals surface area contributed by atoms with Crippen molar-refractivity contribution < 1.29 is 7.65 Å². The van der Waals surface area contributed by atoms with Crippen molar-refractivity contribution in [3.8, 4) is 0 Å². The van der Waals surface area contributed by atoms with E-state index in [-0.39, 0.29) is 2.85 Å². The number of hydrogen-bond donors (Lipinski definition) is 1. The van der Waals surface area contributed by atoms with E-state index >= 15 is 0 Å². The number of carbonyl (C=O) groups excluding carboxylic acids is 1. The number of nitrogens with zero attached hydrogens (tertiary/aromatic N) is 1. The maximum absolute atomic E-state index is 12.6. The van der Waals surface area contributed by atoms with Crippen molar-refractivity contribution in [2.24, 2.45) is 17.8 Å². The molecule has 0 unspecified atom stereocenters. The molecular weight excluding hydrogens is 392 g/mol. The number of Topliss-reactive ketones (excluding diaryl/α,β-unsaturated/α-hetero) is 1. The fraction of sp³-hybridized carbons (Fsp3) is 0.517. The van der Waals surface area contributed by atoms with E-state index in [1.54, 1.807) is 0 Å². The lowest BCUT2D eigenvalue weighted by Crippen LogP contribution is -2.10. The third-order valence-electron chi connectivity index (χ3n) is 6.98. The summed E-state index contributed by atoms with van der Waals surface area (Å²) in [5, 5.41) is 1.17. The number of benzene rings is 1. The van der Waals surface area contributed by atoms with Gasteiger partial charge in [-0.1, -0.05) is 58.6 Å². The molecule has 1 aliphatic rings. The first kappa shape index (κ1) is 24.2. The second-order valence-electron chi connectivity index (χ2n) is 9.63. The van der Waals surface area contributed by atoms with Gasteiger partial charge in [-0.2, -0.15) is 0 Å². The van der Waals surface area contributed by atoms with Crippen molar-refractivity contribution in [2.75, 3.05) is 0 Å². The van der Waals surface area contributed by atoms with Crippen LogP contribution in [0.1, 0.15) is 90.9 Å². The number of pyridine rings is 1. The predicted molar refractivity (Wildman–Crippen MR) is 139 cm³/mol. The number of carbonyl (C=O) groups is 1. The van der Waals surface area contributed by atoms with Crippen LogP contribution in [-0.4, -0.2) is 15.8 Å². The lowest BCUT2D eigenvalue weighted by atomic mass is 9.86. The summed E-state index contributed by atoms with van der Waals surface area (Å²) < 4.78 is 0. The molecule has 2 aromatic heterocycles. The van der Waals surface area contributed by atoms with Gasteiger partial charge < -0.3 is 4.98 Å². The molecule has 3 aromatic rings. The molecule has 1 saturated carbocycles. The molecule has 0 aliphatic heterocycles. The standard InChI is InChI=1S/C22H31NO.C7H9N.2H2/c1-3-4-17-6-5-16(2)13-18(14-17)7-10-22(24)20-9-8-19-11-12-23-21(19)15-20;1-2-7-3-5-8-6-4-7;;/h8-9,11-12,15-18,23H,3-7,10,13-14H2,1-2H3;3-6H,2H2,1H3;2*1H/t16-,17+,18-;;;/m0.../s1. The van der Waals surface area contributed by atoms with Crippen LogP contribution in [0.15, 0.2) is 55.0 Å². The molecule has 176 valence electrons. The van der Waals surface area contributed by atoms with Gasteiger partial charge in [0, 0.05) is 38.9 Å². The number of hydrogen-bond acceptors (Lipinski definition) is 2. The average Bonchev–Trinajstić information content (AvgIpc) is 3.22. The van der Waals surface area contributed by atoms with Crippen molar-refractivity contribution in [1.82, 2.24) is 9.97 Å². The predicted octanol–water partition coefficient (Wildman–Crippen LogP) is 8.51. The molecule has 0 radical (unpaired) electrons. The number of nitrogens with one attached hydrogen (secondary N) is 1. The van der Waals surface area contributed by atoms with Crippen molar-refractivity contribution in [3.05, 3.63) is 66.1 Å². The number of ketones is 1. The van der Waals surface area contributed by atoms with Gasteiger partial charge in [-0.15, -0.1) is 0 Å². The first-order valence-corrected chi connectivity index (χ1v) is 12.6. The van der Waals surface area contributed by atoms with Gasteiger partial charge >= 0.3 is 0 Å². The third kappa shape index (κ3) is 7.32. The van der Waals surface area contributed by atoms with Crippen LogP contribution in [0.25, 0.3) is 10.9 Å². The summed E-state index contributed by atoms with van der Waals surface area (Å²) in [4.78, 5) is 19.7. The molecule has 0 amide bonds. The molecule has 0 spiro atoms. The van der Waals surface area contributed by atoms with Crippen molar-refractivity contribution in [2.45, 2.75) is 78.6 Å². The number of aromatic amines is 1. The molecule has 32 heavy (non-hydrogen) atoms. The quantitative estimate of drug-likeness (QED) is 0.298. The van der Waals surface area contributed by atoms with Gasteiger partial charge in [0.15, 0.2) is 5.78 Å². The monoisotopic (exact) mass is 436 g/mol. The van der Waals surface area contributed by atoms with Gasteiger partial charge in [0.25, 0.3) is 0 Å². The minimum atomic E-state index is 0. The van der Waals surface area contributed by atoms with E-state index in [2.05, 4.69) is 30.7 Å². The molecule has 0 saturated heterocycles. The van der Waals surface area contributed by atoms with Gasteiger partial charge in [0.1, 0.15) is 0 Å². The molecule has 3 atom stereocenters. The van der Waals surface area contributed by atoms with Crippen molar-refractivity contribution in [3.63, 3.8) is 0 Å². The Bertz CT molecular complexity index is 957. The van der Waals surface area contributed by atoms with E-state index in [9.17, 15) is 4.79 Å². The highest BCUT2D eigenvalue weighted by Gasteiger charge is 2.24. The van der Waals surface area contributed by atoms with Crippen LogP contribution in [0.4, 0.5) is 0 Å². The molecule has 0 bridgehead atoms. The Morgan fingerprint density at radius 2 is 1.84 bits per heavy atom. The van der Waals surface area contributed by atoms with Gasteiger partial charge in [0.05, 0.1) is 0 Å². The maximum Gasteiger partial charge on any atom is 0.162 e. The minimum Gasteiger partial charge on any atom is -0.361 e. The van der Waals surface area contributed by atoms with Crippen LogP contribution in [0.5, 0.6) is 0 Å². The number of aromatic nitrogens is 2. The highest BCUT2D eigenvalue weighted by Crippen LogP contribution is 2.36. The van der Waals surface area contributed by atoms with Crippen LogP contribution in [0.3, 0.4) is 0 Å². The van der Waals surface area contributed by atoms with E-state index in [0.29, 0.717) is 12.2 Å². The van der Waals surface area contributed by atoms with Crippen LogP contribution in [0.2, 0.25) is 0 Å². The summed E-state index contributed by atoms with van der Waals surface area (Å²) in [6, 6.07) is 12.1. The SMILES string of the molecule is CCC[C@@H]1CC[C@H](C)C[C@H](CCC(=O)c2ccc3cc[nH]c3c2)C1.CCc1ccncc1.[HH].[HH]. The zero-order chi connectivity index (χ0) is 22.8. The molecule has 1 fully saturated rings. The molecule has 1 aromatic carbocycles. The van der Waals surface area contributed by atoms with E-state index in [1.807, 2.05) is 55.0 Å². The summed E-state index contributed by atoms with van der Waals surface area (Å²) in [6.45, 7) is 6.82. The Morgan fingerprint density at radius 3 is 2.56 bits per heavy atom.